The van der Waals surface area contributed by atoms with Gasteiger partial charge in [-0.2, -0.15) is 0 Å². The van der Waals surface area contributed by atoms with E-state index in [4.69, 9.17) is 0 Å². The summed E-state index contributed by atoms with van der Waals surface area (Å²) in [7, 11) is 0. The molecule has 0 aromatic heterocycles. The molecule has 0 bridgehead atoms. The molecule has 3 rings (SSSR count). The molecule has 3 aliphatic heterocycles. The van der Waals surface area contributed by atoms with Gasteiger partial charge in [-0.25, -0.2) is 0 Å². The summed E-state index contributed by atoms with van der Waals surface area (Å²) >= 11 is 0. The van der Waals surface area contributed by atoms with Gasteiger partial charge < -0.3 is 14.7 Å². The van der Waals surface area contributed by atoms with Gasteiger partial charge in [0.25, 0.3) is 0 Å². The molecule has 0 aromatic carbocycles. The fourth-order valence-electron chi connectivity index (χ4n) is 5.25. The number of piperidine rings is 3. The SMILES string of the molecule is CCCN1CCC(N2CCC3(CCN(C(=O)C(C)C)CC3)CC2)CC1. The van der Waals surface area contributed by atoms with Gasteiger partial charge in [0.05, 0.1) is 0 Å². The zero-order chi connectivity index (χ0) is 17.9. The van der Waals surface area contributed by atoms with Crippen LogP contribution >= 0.6 is 0 Å². The molecule has 144 valence electrons. The van der Waals surface area contributed by atoms with E-state index in [2.05, 4.69) is 21.6 Å². The molecule has 1 spiro atoms. The van der Waals surface area contributed by atoms with Crippen molar-refractivity contribution in [3.63, 3.8) is 0 Å². The molecule has 0 atom stereocenters. The normalized spacial score (nSPS) is 26.5. The highest BCUT2D eigenvalue weighted by Crippen LogP contribution is 2.42. The van der Waals surface area contributed by atoms with Gasteiger partial charge in [-0.15, -0.1) is 0 Å². The summed E-state index contributed by atoms with van der Waals surface area (Å²) in [5, 5.41) is 0. The van der Waals surface area contributed by atoms with Crippen LogP contribution in [0, 0.1) is 11.3 Å². The second-order valence-electron chi connectivity index (χ2n) is 9.09. The van der Waals surface area contributed by atoms with Gasteiger partial charge in [0.2, 0.25) is 5.91 Å². The third-order valence-electron chi connectivity index (χ3n) is 7.10. The standard InChI is InChI=1S/C21H39N3O/c1-4-11-22-12-5-19(6-13-22)23-14-7-21(8-15-23)9-16-24(17-10-21)20(25)18(2)3/h18-19H,4-17H2,1-3H3. The Kier molecular flexibility index (Phi) is 6.43. The second kappa shape index (κ2) is 8.39. The minimum Gasteiger partial charge on any atom is -0.342 e. The molecule has 0 unspecified atom stereocenters. The first-order valence-corrected chi connectivity index (χ1v) is 10.8. The van der Waals surface area contributed by atoms with Crippen molar-refractivity contribution in [3.05, 3.63) is 0 Å². The molecule has 25 heavy (non-hydrogen) atoms. The maximum absolute atomic E-state index is 12.2. The third kappa shape index (κ3) is 4.57. The Labute approximate surface area is 154 Å². The van der Waals surface area contributed by atoms with Gasteiger partial charge in [0, 0.05) is 25.0 Å². The summed E-state index contributed by atoms with van der Waals surface area (Å²) in [6.07, 6.45) is 9.18. The van der Waals surface area contributed by atoms with E-state index >= 15 is 0 Å². The van der Waals surface area contributed by atoms with E-state index in [0.29, 0.717) is 11.3 Å². The van der Waals surface area contributed by atoms with Crippen molar-refractivity contribution in [1.29, 1.82) is 0 Å². The van der Waals surface area contributed by atoms with Crippen LogP contribution in [-0.4, -0.2) is 72.5 Å². The van der Waals surface area contributed by atoms with E-state index in [1.165, 1.54) is 77.7 Å². The van der Waals surface area contributed by atoms with Crippen molar-refractivity contribution in [2.75, 3.05) is 45.8 Å². The molecule has 3 fully saturated rings. The summed E-state index contributed by atoms with van der Waals surface area (Å²) in [6, 6.07) is 0.827. The third-order valence-corrected chi connectivity index (χ3v) is 7.10. The molecule has 3 aliphatic rings. The molecule has 4 nitrogen and oxygen atoms in total. The fraction of sp³-hybridized carbons (Fsp3) is 0.952. The zero-order valence-electron chi connectivity index (χ0n) is 16.8. The molecule has 0 saturated carbocycles. The van der Waals surface area contributed by atoms with Gasteiger partial charge in [-0.1, -0.05) is 20.8 Å². The molecule has 3 saturated heterocycles. The number of carbonyl (C=O) groups is 1. The van der Waals surface area contributed by atoms with Crippen molar-refractivity contribution in [1.82, 2.24) is 14.7 Å². The molecule has 0 N–H and O–H groups in total. The van der Waals surface area contributed by atoms with E-state index in [1.54, 1.807) is 0 Å². The largest absolute Gasteiger partial charge is 0.342 e. The summed E-state index contributed by atoms with van der Waals surface area (Å²) in [5.41, 5.74) is 0.535. The molecule has 0 radical (unpaired) electrons. The number of nitrogens with zero attached hydrogens (tertiary/aromatic N) is 3. The Morgan fingerprint density at radius 3 is 2.04 bits per heavy atom. The molecule has 3 heterocycles. The summed E-state index contributed by atoms with van der Waals surface area (Å²) in [6.45, 7) is 14.8. The van der Waals surface area contributed by atoms with Crippen molar-refractivity contribution < 1.29 is 4.79 Å². The lowest BCUT2D eigenvalue weighted by Crippen LogP contribution is -2.52. The number of hydrogen-bond acceptors (Lipinski definition) is 3. The van der Waals surface area contributed by atoms with E-state index in [-0.39, 0.29) is 5.92 Å². The van der Waals surface area contributed by atoms with Crippen molar-refractivity contribution >= 4 is 5.91 Å². The average molecular weight is 350 g/mol. The lowest BCUT2D eigenvalue weighted by Gasteiger charge is -2.49. The van der Waals surface area contributed by atoms with Crippen LogP contribution in [0.4, 0.5) is 0 Å². The highest BCUT2D eigenvalue weighted by molar-refractivity contribution is 5.78. The van der Waals surface area contributed by atoms with Gasteiger partial charge >= 0.3 is 0 Å². The maximum atomic E-state index is 12.2. The first-order chi connectivity index (χ1) is 12.0. The zero-order valence-corrected chi connectivity index (χ0v) is 16.8. The molecular weight excluding hydrogens is 310 g/mol. The minimum atomic E-state index is 0.148. The van der Waals surface area contributed by atoms with Crippen molar-refractivity contribution in [3.8, 4) is 0 Å². The summed E-state index contributed by atoms with van der Waals surface area (Å²) in [5.74, 6) is 0.501. The van der Waals surface area contributed by atoms with E-state index in [9.17, 15) is 4.79 Å². The van der Waals surface area contributed by atoms with Gasteiger partial charge in [-0.3, -0.25) is 4.79 Å². The van der Waals surface area contributed by atoms with Gasteiger partial charge in [-0.05, 0) is 83.1 Å². The van der Waals surface area contributed by atoms with Crippen LogP contribution in [0.25, 0.3) is 0 Å². The van der Waals surface area contributed by atoms with Crippen LogP contribution in [0.5, 0.6) is 0 Å². The van der Waals surface area contributed by atoms with E-state index in [0.717, 1.165) is 19.1 Å². The van der Waals surface area contributed by atoms with Crippen LogP contribution in [0.3, 0.4) is 0 Å². The van der Waals surface area contributed by atoms with Crippen LogP contribution in [0.2, 0.25) is 0 Å². The lowest BCUT2D eigenvalue weighted by molar-refractivity contribution is -0.137. The smallest absolute Gasteiger partial charge is 0.225 e. The first-order valence-electron chi connectivity index (χ1n) is 10.8. The molecule has 0 aromatic rings. The Morgan fingerprint density at radius 1 is 0.960 bits per heavy atom. The van der Waals surface area contributed by atoms with Crippen LogP contribution in [-0.2, 0) is 4.79 Å². The molecule has 0 aliphatic carbocycles. The number of carbonyl (C=O) groups excluding carboxylic acids is 1. The first kappa shape index (κ1) is 19.2. The fourth-order valence-corrected chi connectivity index (χ4v) is 5.25. The molecule has 1 amide bonds. The van der Waals surface area contributed by atoms with E-state index < -0.39 is 0 Å². The maximum Gasteiger partial charge on any atom is 0.225 e. The van der Waals surface area contributed by atoms with Crippen LogP contribution in [0.15, 0.2) is 0 Å². The summed E-state index contributed by atoms with van der Waals surface area (Å²) < 4.78 is 0. The predicted molar refractivity (Wildman–Crippen MR) is 104 cm³/mol. The summed E-state index contributed by atoms with van der Waals surface area (Å²) in [4.78, 5) is 19.8. The Balaban J connectivity index is 1.43. The highest BCUT2D eigenvalue weighted by atomic mass is 16.2. The molecular formula is C21H39N3O. The Hall–Kier alpha value is -0.610. The Bertz CT molecular complexity index is 424. The highest BCUT2D eigenvalue weighted by Gasteiger charge is 2.40. The van der Waals surface area contributed by atoms with Gasteiger partial charge in [0.15, 0.2) is 0 Å². The van der Waals surface area contributed by atoms with Crippen LogP contribution in [0.1, 0.15) is 65.7 Å². The minimum absolute atomic E-state index is 0.148. The predicted octanol–water partition coefficient (Wildman–Crippen LogP) is 3.22. The van der Waals surface area contributed by atoms with Gasteiger partial charge in [0.1, 0.15) is 0 Å². The quantitative estimate of drug-likeness (QED) is 0.780. The topological polar surface area (TPSA) is 26.8 Å². The lowest BCUT2D eigenvalue weighted by atomic mass is 9.70. The number of likely N-dealkylation sites (tertiary alicyclic amines) is 3. The van der Waals surface area contributed by atoms with E-state index in [1.807, 2.05) is 13.8 Å². The second-order valence-corrected chi connectivity index (χ2v) is 9.09. The average Bonchev–Trinajstić information content (AvgIpc) is 2.63. The number of amides is 1. The monoisotopic (exact) mass is 349 g/mol. The number of rotatable bonds is 4. The van der Waals surface area contributed by atoms with Crippen molar-refractivity contribution in [2.45, 2.75) is 71.8 Å². The van der Waals surface area contributed by atoms with Crippen molar-refractivity contribution in [2.24, 2.45) is 11.3 Å². The Morgan fingerprint density at radius 2 is 1.52 bits per heavy atom. The molecule has 4 heteroatoms. The number of hydrogen-bond donors (Lipinski definition) is 0. The van der Waals surface area contributed by atoms with Crippen LogP contribution < -0.4 is 0 Å².